The molecule has 0 aromatic heterocycles. The normalized spacial score (nSPS) is 15.9. The van der Waals surface area contributed by atoms with Gasteiger partial charge in [-0.2, -0.15) is 0 Å². The number of rotatable bonds is 5. The lowest BCUT2D eigenvalue weighted by molar-refractivity contribution is -0.119. The molecule has 0 aliphatic carbocycles. The van der Waals surface area contributed by atoms with E-state index in [1.54, 1.807) is 7.11 Å². The van der Waals surface area contributed by atoms with E-state index in [-0.39, 0.29) is 0 Å². The summed E-state index contributed by atoms with van der Waals surface area (Å²) in [4.78, 5) is 12.4. The number of hydrogen-bond acceptors (Lipinski definition) is 3. The molecule has 0 radical (unpaired) electrons. The summed E-state index contributed by atoms with van der Waals surface area (Å²) in [5, 5.41) is 5.65. The van der Waals surface area contributed by atoms with Gasteiger partial charge in [0, 0.05) is 18.4 Å². The largest absolute Gasteiger partial charge is 0.496 e. The van der Waals surface area contributed by atoms with Gasteiger partial charge in [-0.3, -0.25) is 4.79 Å². The van der Waals surface area contributed by atoms with Crippen molar-refractivity contribution in [2.24, 2.45) is 5.92 Å². The zero-order valence-electron chi connectivity index (χ0n) is 13.1. The summed E-state index contributed by atoms with van der Waals surface area (Å²) in [5.41, 5.74) is 1.00. The molecule has 22 heavy (non-hydrogen) atoms. The van der Waals surface area contributed by atoms with E-state index in [0.717, 1.165) is 48.0 Å². The van der Waals surface area contributed by atoms with Gasteiger partial charge in [-0.1, -0.05) is 24.3 Å². The minimum absolute atomic E-state index is 0.320. The number of piperidine rings is 1. The minimum Gasteiger partial charge on any atom is -0.496 e. The lowest BCUT2D eigenvalue weighted by Gasteiger charge is -2.22. The van der Waals surface area contributed by atoms with Crippen LogP contribution in [0.3, 0.4) is 0 Å². The van der Waals surface area contributed by atoms with Gasteiger partial charge >= 0.3 is 0 Å². The Morgan fingerprint density at radius 3 is 2.55 bits per heavy atom. The molecule has 2 aromatic rings. The summed E-state index contributed by atoms with van der Waals surface area (Å²) in [6, 6.07) is 12.3. The Bertz CT molecular complexity index is 660. The monoisotopic (exact) mass is 297 g/mol. The zero-order valence-corrected chi connectivity index (χ0v) is 13.1. The fraction of sp³-hybridized carbons (Fsp3) is 0.421. The Morgan fingerprint density at radius 1 is 1.18 bits per heavy atom. The van der Waals surface area contributed by atoms with Crippen LogP contribution in [0.5, 0.6) is 5.75 Å². The molecule has 0 atom stereocenters. The Kier molecular flexibility index (Phi) is 4.74. The predicted molar refractivity (Wildman–Crippen MR) is 89.4 cm³/mol. The first-order chi connectivity index (χ1) is 10.8. The maximum absolute atomic E-state index is 12.4. The van der Waals surface area contributed by atoms with Gasteiger partial charge in [-0.05, 0) is 54.8 Å². The average molecular weight is 297 g/mol. The third kappa shape index (κ3) is 3.47. The van der Waals surface area contributed by atoms with Crippen molar-refractivity contribution in [3.8, 4) is 5.75 Å². The lowest BCUT2D eigenvalue weighted by Crippen LogP contribution is -2.29. The second-order valence-electron chi connectivity index (χ2n) is 6.12. The number of carbonyl (C=O) groups is 1. The molecule has 1 N–H and O–H groups in total. The number of ketones is 1. The van der Waals surface area contributed by atoms with E-state index in [1.165, 1.54) is 0 Å². The van der Waals surface area contributed by atoms with E-state index >= 15 is 0 Å². The van der Waals surface area contributed by atoms with E-state index in [4.69, 9.17) is 4.74 Å². The highest BCUT2D eigenvalue weighted by Gasteiger charge is 2.18. The van der Waals surface area contributed by atoms with Crippen molar-refractivity contribution in [1.29, 1.82) is 0 Å². The molecule has 3 rings (SSSR count). The summed E-state index contributed by atoms with van der Waals surface area (Å²) in [6.07, 6.45) is 3.39. The molecule has 1 aliphatic rings. The molecule has 1 fully saturated rings. The third-order valence-electron chi connectivity index (χ3n) is 4.51. The second kappa shape index (κ2) is 6.93. The SMILES string of the molecule is COc1cc2ccccc2cc1CC(=O)CC1CCNCC1. The fourth-order valence-corrected chi connectivity index (χ4v) is 3.29. The highest BCUT2D eigenvalue weighted by molar-refractivity contribution is 5.88. The number of methoxy groups -OCH3 is 1. The van der Waals surface area contributed by atoms with Gasteiger partial charge in [-0.25, -0.2) is 0 Å². The summed E-state index contributed by atoms with van der Waals surface area (Å²) < 4.78 is 5.48. The van der Waals surface area contributed by atoms with Crippen LogP contribution in [-0.4, -0.2) is 26.0 Å². The molecule has 0 amide bonds. The third-order valence-corrected chi connectivity index (χ3v) is 4.51. The van der Waals surface area contributed by atoms with Gasteiger partial charge < -0.3 is 10.1 Å². The molecular formula is C19H23NO2. The van der Waals surface area contributed by atoms with Crippen LogP contribution in [0.2, 0.25) is 0 Å². The standard InChI is InChI=1S/C19H23NO2/c1-22-19-13-16-5-3-2-4-15(16)11-17(19)12-18(21)10-14-6-8-20-9-7-14/h2-5,11,13-14,20H,6-10,12H2,1H3. The number of fused-ring (bicyclic) bond motifs is 1. The first-order valence-electron chi connectivity index (χ1n) is 8.04. The number of ether oxygens (including phenoxy) is 1. The van der Waals surface area contributed by atoms with Crippen molar-refractivity contribution >= 4 is 16.6 Å². The molecule has 2 aromatic carbocycles. The fourth-order valence-electron chi connectivity index (χ4n) is 3.29. The number of Topliss-reactive ketones (excluding diaryl/α,β-unsaturated/α-hetero) is 1. The molecular weight excluding hydrogens is 274 g/mol. The van der Waals surface area contributed by atoms with Gasteiger partial charge in [0.25, 0.3) is 0 Å². The van der Waals surface area contributed by atoms with Crippen LogP contribution in [0.15, 0.2) is 36.4 Å². The highest BCUT2D eigenvalue weighted by atomic mass is 16.5. The van der Waals surface area contributed by atoms with Gasteiger partial charge in [-0.15, -0.1) is 0 Å². The Labute approximate surface area is 131 Å². The molecule has 1 heterocycles. The summed E-state index contributed by atoms with van der Waals surface area (Å²) in [7, 11) is 1.67. The smallest absolute Gasteiger partial charge is 0.137 e. The lowest BCUT2D eigenvalue weighted by atomic mass is 9.90. The zero-order chi connectivity index (χ0) is 15.4. The predicted octanol–water partition coefficient (Wildman–Crippen LogP) is 3.35. The van der Waals surface area contributed by atoms with Crippen LogP contribution in [0.1, 0.15) is 24.8 Å². The topological polar surface area (TPSA) is 38.3 Å². The van der Waals surface area contributed by atoms with Crippen LogP contribution in [0.4, 0.5) is 0 Å². The maximum Gasteiger partial charge on any atom is 0.137 e. The Balaban J connectivity index is 1.75. The van der Waals surface area contributed by atoms with Gasteiger partial charge in [0.05, 0.1) is 7.11 Å². The number of carbonyl (C=O) groups excluding carboxylic acids is 1. The summed E-state index contributed by atoms with van der Waals surface area (Å²) in [5.74, 6) is 1.68. The van der Waals surface area contributed by atoms with Crippen LogP contribution in [0, 0.1) is 5.92 Å². The van der Waals surface area contributed by atoms with Crippen molar-refractivity contribution in [2.45, 2.75) is 25.7 Å². The van der Waals surface area contributed by atoms with Gasteiger partial charge in [0.15, 0.2) is 0 Å². The van der Waals surface area contributed by atoms with E-state index in [1.807, 2.05) is 18.2 Å². The van der Waals surface area contributed by atoms with Gasteiger partial charge in [0.1, 0.15) is 11.5 Å². The van der Waals surface area contributed by atoms with Gasteiger partial charge in [0.2, 0.25) is 0 Å². The van der Waals surface area contributed by atoms with Crippen LogP contribution >= 0.6 is 0 Å². The number of benzene rings is 2. The molecule has 0 bridgehead atoms. The Morgan fingerprint density at radius 2 is 1.86 bits per heavy atom. The van der Waals surface area contributed by atoms with E-state index < -0.39 is 0 Å². The van der Waals surface area contributed by atoms with Crippen LogP contribution in [-0.2, 0) is 11.2 Å². The minimum atomic E-state index is 0.320. The van der Waals surface area contributed by atoms with E-state index in [2.05, 4.69) is 23.5 Å². The summed E-state index contributed by atoms with van der Waals surface area (Å²) >= 11 is 0. The van der Waals surface area contributed by atoms with E-state index in [9.17, 15) is 4.79 Å². The number of hydrogen-bond donors (Lipinski definition) is 1. The number of nitrogens with one attached hydrogen (secondary N) is 1. The van der Waals surface area contributed by atoms with Crippen molar-refractivity contribution in [3.05, 3.63) is 42.0 Å². The molecule has 0 spiro atoms. The van der Waals surface area contributed by atoms with Crippen LogP contribution < -0.4 is 10.1 Å². The molecule has 0 unspecified atom stereocenters. The average Bonchev–Trinajstić information content (AvgIpc) is 2.55. The van der Waals surface area contributed by atoms with E-state index in [0.29, 0.717) is 24.5 Å². The quantitative estimate of drug-likeness (QED) is 0.920. The highest BCUT2D eigenvalue weighted by Crippen LogP contribution is 2.27. The molecule has 1 saturated heterocycles. The molecule has 1 aliphatic heterocycles. The molecule has 3 nitrogen and oxygen atoms in total. The van der Waals surface area contributed by atoms with Crippen molar-refractivity contribution in [1.82, 2.24) is 5.32 Å². The molecule has 116 valence electrons. The van der Waals surface area contributed by atoms with Crippen molar-refractivity contribution in [3.63, 3.8) is 0 Å². The first kappa shape index (κ1) is 15.0. The molecule has 3 heteroatoms. The Hall–Kier alpha value is -1.87. The van der Waals surface area contributed by atoms with Crippen molar-refractivity contribution in [2.75, 3.05) is 20.2 Å². The maximum atomic E-state index is 12.4. The van der Waals surface area contributed by atoms with Crippen LogP contribution in [0.25, 0.3) is 10.8 Å². The second-order valence-corrected chi connectivity index (χ2v) is 6.12. The first-order valence-corrected chi connectivity index (χ1v) is 8.04. The summed E-state index contributed by atoms with van der Waals surface area (Å²) in [6.45, 7) is 2.08. The van der Waals surface area contributed by atoms with Crippen molar-refractivity contribution < 1.29 is 9.53 Å². The molecule has 0 saturated carbocycles.